The molecule has 0 aliphatic heterocycles. The zero-order valence-corrected chi connectivity index (χ0v) is 11.4. The van der Waals surface area contributed by atoms with E-state index in [0.717, 1.165) is 19.3 Å². The quantitative estimate of drug-likeness (QED) is 0.720. The van der Waals surface area contributed by atoms with E-state index < -0.39 is 5.60 Å². The van der Waals surface area contributed by atoms with Crippen LogP contribution < -0.4 is 10.6 Å². The second-order valence-corrected chi connectivity index (χ2v) is 6.09. The highest BCUT2D eigenvalue weighted by Crippen LogP contribution is 2.30. The Balaban J connectivity index is 1.66. The molecule has 18 heavy (non-hydrogen) atoms. The first kappa shape index (κ1) is 13.7. The Hall–Kier alpha value is -0.770. The Kier molecular flexibility index (Phi) is 4.49. The lowest BCUT2D eigenvalue weighted by atomic mass is 9.80. The summed E-state index contributed by atoms with van der Waals surface area (Å²) in [5.74, 6) is 0.622. The Morgan fingerprint density at radius 1 is 1.28 bits per heavy atom. The molecular weight excluding hydrogens is 228 g/mol. The molecule has 4 nitrogen and oxygen atoms in total. The number of aliphatic hydroxyl groups is 1. The molecule has 0 aromatic rings. The van der Waals surface area contributed by atoms with Crippen molar-refractivity contribution in [1.29, 1.82) is 0 Å². The lowest BCUT2D eigenvalue weighted by molar-refractivity contribution is -0.0290. The predicted octanol–water partition coefficient (Wildman–Crippen LogP) is 2.17. The summed E-state index contributed by atoms with van der Waals surface area (Å²) >= 11 is 0. The van der Waals surface area contributed by atoms with Crippen LogP contribution in [-0.4, -0.2) is 29.3 Å². The second kappa shape index (κ2) is 5.91. The Bertz CT molecular complexity index is 284. The third-order valence-corrected chi connectivity index (χ3v) is 4.58. The van der Waals surface area contributed by atoms with Crippen molar-refractivity contribution >= 4 is 6.03 Å². The van der Waals surface area contributed by atoms with Crippen LogP contribution in [-0.2, 0) is 0 Å². The minimum atomic E-state index is -0.634. The third-order valence-electron chi connectivity index (χ3n) is 4.58. The lowest BCUT2D eigenvalue weighted by Gasteiger charge is -2.36. The Morgan fingerprint density at radius 3 is 2.50 bits per heavy atom. The Morgan fingerprint density at radius 2 is 1.94 bits per heavy atom. The van der Waals surface area contributed by atoms with E-state index in [4.69, 9.17) is 0 Å². The number of carbonyl (C=O) groups is 1. The molecule has 4 heteroatoms. The first-order chi connectivity index (χ1) is 8.59. The van der Waals surface area contributed by atoms with Crippen LogP contribution in [0.25, 0.3) is 0 Å². The third kappa shape index (κ3) is 3.61. The normalized spacial score (nSPS) is 25.0. The van der Waals surface area contributed by atoms with Crippen LogP contribution >= 0.6 is 0 Å². The standard InChI is InChI=1S/C14H26N2O2/c1-11(12-6-3-2-4-7-12)16-13(17)15-10-14(18)8-5-9-14/h11-12,18H,2-10H2,1H3,(H2,15,16,17). The number of amides is 2. The molecule has 2 aliphatic rings. The van der Waals surface area contributed by atoms with E-state index >= 15 is 0 Å². The summed E-state index contributed by atoms with van der Waals surface area (Å²) in [6, 6.07) is 0.106. The highest BCUT2D eigenvalue weighted by molar-refractivity contribution is 5.74. The van der Waals surface area contributed by atoms with Crippen LogP contribution in [0.1, 0.15) is 58.3 Å². The average molecular weight is 254 g/mol. The van der Waals surface area contributed by atoms with Crippen LogP contribution in [0, 0.1) is 5.92 Å². The maximum Gasteiger partial charge on any atom is 0.315 e. The van der Waals surface area contributed by atoms with Crippen molar-refractivity contribution in [2.75, 3.05) is 6.54 Å². The van der Waals surface area contributed by atoms with E-state index in [9.17, 15) is 9.90 Å². The molecular formula is C14H26N2O2. The lowest BCUT2D eigenvalue weighted by Crippen LogP contribution is -2.52. The van der Waals surface area contributed by atoms with Gasteiger partial charge < -0.3 is 15.7 Å². The number of carbonyl (C=O) groups excluding carboxylic acids is 1. The monoisotopic (exact) mass is 254 g/mol. The van der Waals surface area contributed by atoms with Crippen molar-refractivity contribution in [3.63, 3.8) is 0 Å². The van der Waals surface area contributed by atoms with Crippen LogP contribution in [0.5, 0.6) is 0 Å². The minimum absolute atomic E-state index is 0.131. The fourth-order valence-corrected chi connectivity index (χ4v) is 3.02. The first-order valence-electron chi connectivity index (χ1n) is 7.36. The zero-order valence-electron chi connectivity index (χ0n) is 11.4. The summed E-state index contributed by atoms with van der Waals surface area (Å²) in [4.78, 5) is 11.7. The van der Waals surface area contributed by atoms with E-state index in [1.165, 1.54) is 32.1 Å². The van der Waals surface area contributed by atoms with Gasteiger partial charge in [-0.15, -0.1) is 0 Å². The molecule has 3 N–H and O–H groups in total. The molecule has 2 fully saturated rings. The predicted molar refractivity (Wildman–Crippen MR) is 71.4 cm³/mol. The van der Waals surface area contributed by atoms with E-state index in [-0.39, 0.29) is 12.1 Å². The summed E-state index contributed by atoms with van der Waals surface area (Å²) in [5.41, 5.74) is -0.634. The maximum absolute atomic E-state index is 11.7. The van der Waals surface area contributed by atoms with Gasteiger partial charge in [-0.05, 0) is 44.9 Å². The summed E-state index contributed by atoms with van der Waals surface area (Å²) in [6.45, 7) is 2.48. The number of nitrogens with one attached hydrogen (secondary N) is 2. The number of urea groups is 1. The van der Waals surface area contributed by atoms with Gasteiger partial charge in [0.1, 0.15) is 0 Å². The molecule has 0 saturated heterocycles. The van der Waals surface area contributed by atoms with E-state index in [0.29, 0.717) is 12.5 Å². The molecule has 0 spiro atoms. The Labute approximate surface area is 110 Å². The van der Waals surface area contributed by atoms with Gasteiger partial charge >= 0.3 is 6.03 Å². The highest BCUT2D eigenvalue weighted by atomic mass is 16.3. The van der Waals surface area contributed by atoms with Gasteiger partial charge in [0, 0.05) is 12.6 Å². The van der Waals surface area contributed by atoms with Gasteiger partial charge in [0.2, 0.25) is 0 Å². The smallest absolute Gasteiger partial charge is 0.315 e. The fraction of sp³-hybridized carbons (Fsp3) is 0.929. The number of hydrogen-bond donors (Lipinski definition) is 3. The maximum atomic E-state index is 11.7. The van der Waals surface area contributed by atoms with Crippen LogP contribution in [0.15, 0.2) is 0 Å². The summed E-state index contributed by atoms with van der Waals surface area (Å²) in [6.07, 6.45) is 9.06. The average Bonchev–Trinajstić information content (AvgIpc) is 2.35. The zero-order chi connectivity index (χ0) is 13.0. The van der Waals surface area contributed by atoms with Gasteiger partial charge in [0.25, 0.3) is 0 Å². The van der Waals surface area contributed by atoms with Crippen molar-refractivity contribution in [3.05, 3.63) is 0 Å². The van der Waals surface area contributed by atoms with Crippen molar-refractivity contribution < 1.29 is 9.90 Å². The van der Waals surface area contributed by atoms with E-state index in [1.54, 1.807) is 0 Å². The molecule has 0 aromatic heterocycles. The topological polar surface area (TPSA) is 61.4 Å². The van der Waals surface area contributed by atoms with Crippen LogP contribution in [0.2, 0.25) is 0 Å². The molecule has 1 atom stereocenters. The van der Waals surface area contributed by atoms with Crippen molar-refractivity contribution in [3.8, 4) is 0 Å². The molecule has 0 aromatic carbocycles. The minimum Gasteiger partial charge on any atom is -0.388 e. The highest BCUT2D eigenvalue weighted by Gasteiger charge is 2.34. The van der Waals surface area contributed by atoms with Gasteiger partial charge in [-0.3, -0.25) is 0 Å². The molecule has 104 valence electrons. The number of hydrogen-bond acceptors (Lipinski definition) is 2. The molecule has 0 bridgehead atoms. The van der Waals surface area contributed by atoms with Crippen LogP contribution in [0.4, 0.5) is 4.79 Å². The van der Waals surface area contributed by atoms with E-state index in [1.807, 2.05) is 0 Å². The molecule has 2 saturated carbocycles. The molecule has 2 amide bonds. The second-order valence-electron chi connectivity index (χ2n) is 6.09. The summed E-state index contributed by atoms with van der Waals surface area (Å²) in [7, 11) is 0. The number of rotatable bonds is 4. The molecule has 1 unspecified atom stereocenters. The van der Waals surface area contributed by atoms with Gasteiger partial charge in [-0.2, -0.15) is 0 Å². The van der Waals surface area contributed by atoms with Gasteiger partial charge in [-0.1, -0.05) is 19.3 Å². The largest absolute Gasteiger partial charge is 0.388 e. The fourth-order valence-electron chi connectivity index (χ4n) is 3.02. The van der Waals surface area contributed by atoms with Crippen molar-refractivity contribution in [2.24, 2.45) is 5.92 Å². The first-order valence-corrected chi connectivity index (χ1v) is 7.36. The van der Waals surface area contributed by atoms with Crippen molar-refractivity contribution in [1.82, 2.24) is 10.6 Å². The van der Waals surface area contributed by atoms with Crippen molar-refractivity contribution in [2.45, 2.75) is 69.9 Å². The molecule has 2 aliphatic carbocycles. The summed E-state index contributed by atoms with van der Waals surface area (Å²) in [5, 5.41) is 15.7. The molecule has 0 radical (unpaired) electrons. The van der Waals surface area contributed by atoms with E-state index in [2.05, 4.69) is 17.6 Å². The van der Waals surface area contributed by atoms with Gasteiger partial charge in [0.15, 0.2) is 0 Å². The van der Waals surface area contributed by atoms with Gasteiger partial charge in [-0.25, -0.2) is 4.79 Å². The molecule has 2 rings (SSSR count). The molecule has 0 heterocycles. The SMILES string of the molecule is CC(NC(=O)NCC1(O)CCC1)C1CCCCC1. The summed E-state index contributed by atoms with van der Waals surface area (Å²) < 4.78 is 0. The van der Waals surface area contributed by atoms with Gasteiger partial charge in [0.05, 0.1) is 5.60 Å². The van der Waals surface area contributed by atoms with Crippen LogP contribution in [0.3, 0.4) is 0 Å².